The topological polar surface area (TPSA) is 110 Å². The molecule has 0 spiro atoms. The highest BCUT2D eigenvalue weighted by atomic mass is 127. The van der Waals surface area contributed by atoms with Crippen molar-refractivity contribution in [2.24, 2.45) is 0 Å². The Morgan fingerprint density at radius 2 is 1.43 bits per heavy atom. The molecule has 0 saturated heterocycles. The van der Waals surface area contributed by atoms with Gasteiger partial charge in [-0.2, -0.15) is 5.06 Å². The number of hydroxylamine groups is 4. The van der Waals surface area contributed by atoms with Crippen molar-refractivity contribution in [1.82, 2.24) is 10.1 Å². The lowest BCUT2D eigenvalue weighted by molar-refractivity contribution is -0.214. The van der Waals surface area contributed by atoms with E-state index in [-0.39, 0.29) is 5.70 Å². The first kappa shape index (κ1) is 25.3. The quantitative estimate of drug-likeness (QED) is 0.250. The summed E-state index contributed by atoms with van der Waals surface area (Å²) in [6, 6.07) is 0. The van der Waals surface area contributed by atoms with E-state index in [1.165, 1.54) is 13.8 Å². The average molecular weight is 730 g/mol. The molecule has 0 aromatic rings. The lowest BCUT2D eigenvalue weighted by Crippen LogP contribution is -2.64. The molecule has 0 saturated carbocycles. The minimum Gasteiger partial charge on any atom is -0.337 e. The maximum absolute atomic E-state index is 12.9. The fourth-order valence-corrected chi connectivity index (χ4v) is 8.02. The maximum atomic E-state index is 12.9. The Kier molecular flexibility index (Phi) is 8.85. The number of ketones is 1. The van der Waals surface area contributed by atoms with Gasteiger partial charge in [0.2, 0.25) is 0 Å². The molecule has 1 rings (SSSR count). The Morgan fingerprint density at radius 1 is 0.929 bits per heavy atom. The molecule has 0 N–H and O–H groups in total. The zero-order chi connectivity index (χ0) is 22.0. The Hall–Kier alpha value is -0.780. The molecule has 9 nitrogen and oxygen atoms in total. The Morgan fingerprint density at radius 3 is 1.79 bits per heavy atom. The van der Waals surface area contributed by atoms with E-state index >= 15 is 0 Å². The normalized spacial score (nSPS) is 21.4. The molecule has 0 aromatic carbocycles. The molecule has 12 heteroatoms. The highest BCUT2D eigenvalue weighted by molar-refractivity contribution is 14.1. The van der Waals surface area contributed by atoms with Crippen molar-refractivity contribution < 1.29 is 33.6 Å². The molecule has 0 aromatic heterocycles. The first-order valence-electron chi connectivity index (χ1n) is 7.69. The zero-order valence-electron chi connectivity index (χ0n) is 15.5. The van der Waals surface area contributed by atoms with Crippen molar-refractivity contribution in [2.45, 2.75) is 44.1 Å². The van der Waals surface area contributed by atoms with Gasteiger partial charge in [-0.15, -0.1) is 5.06 Å². The Bertz CT molecular complexity index is 808. The van der Waals surface area contributed by atoms with E-state index < -0.39 is 39.0 Å². The van der Waals surface area contributed by atoms with Gasteiger partial charge in [0.25, 0.3) is 11.8 Å². The summed E-state index contributed by atoms with van der Waals surface area (Å²) in [7, 11) is 0. The number of alkyl halides is 1. The molecular formula is C16H17I3N2O7. The number of hydrogen-bond acceptors (Lipinski definition) is 7. The van der Waals surface area contributed by atoms with Gasteiger partial charge in [0, 0.05) is 34.9 Å². The van der Waals surface area contributed by atoms with Crippen LogP contribution >= 0.6 is 67.8 Å². The number of nitrogens with zero attached hydrogens (tertiary/aromatic N) is 2. The van der Waals surface area contributed by atoms with Gasteiger partial charge < -0.3 is 9.68 Å². The molecule has 0 bridgehead atoms. The third-order valence-electron chi connectivity index (χ3n) is 3.56. The summed E-state index contributed by atoms with van der Waals surface area (Å²) in [5.74, 6) is -3.33. The van der Waals surface area contributed by atoms with Crippen LogP contribution in [0.3, 0.4) is 0 Å². The van der Waals surface area contributed by atoms with Crippen LogP contribution in [0.2, 0.25) is 0 Å². The van der Waals surface area contributed by atoms with Crippen molar-refractivity contribution in [1.29, 1.82) is 0 Å². The summed E-state index contributed by atoms with van der Waals surface area (Å²) in [5.41, 5.74) is -1.56. The molecule has 1 aliphatic rings. The summed E-state index contributed by atoms with van der Waals surface area (Å²) in [6.45, 7) is 5.83. The van der Waals surface area contributed by atoms with Gasteiger partial charge in [0.1, 0.15) is 0 Å². The van der Waals surface area contributed by atoms with Gasteiger partial charge in [0.15, 0.2) is 11.3 Å². The van der Waals surface area contributed by atoms with Crippen molar-refractivity contribution in [3.63, 3.8) is 0 Å². The fraction of sp³-hybridized carbons (Fsp3) is 0.438. The SMILES string of the molecule is CC(=O)ON(C(C)=O)C1=C(I)C=C(I)C(C(C)=O)(N(OC(C)=O)C(C)=O)C1I. The van der Waals surface area contributed by atoms with E-state index in [0.717, 1.165) is 25.8 Å². The number of Topliss-reactive ketones (excluding diaryl/α,β-unsaturated/α-hetero) is 1. The number of hydrogen-bond donors (Lipinski definition) is 0. The minimum atomic E-state index is -1.74. The van der Waals surface area contributed by atoms with Gasteiger partial charge >= 0.3 is 11.9 Å². The molecule has 154 valence electrons. The molecule has 28 heavy (non-hydrogen) atoms. The summed E-state index contributed by atoms with van der Waals surface area (Å²) >= 11 is 5.70. The van der Waals surface area contributed by atoms with E-state index in [9.17, 15) is 24.0 Å². The minimum absolute atomic E-state index is 0.179. The number of halogens is 3. The third kappa shape index (κ3) is 4.85. The van der Waals surface area contributed by atoms with Crippen LogP contribution in [-0.4, -0.2) is 49.1 Å². The maximum Gasteiger partial charge on any atom is 0.330 e. The number of rotatable bonds is 3. The summed E-state index contributed by atoms with van der Waals surface area (Å²) < 4.78 is -0.00752. The van der Waals surface area contributed by atoms with Crippen LogP contribution in [0.4, 0.5) is 0 Å². The molecular weight excluding hydrogens is 713 g/mol. The van der Waals surface area contributed by atoms with E-state index in [0.29, 0.717) is 12.2 Å². The smallest absolute Gasteiger partial charge is 0.330 e. The largest absolute Gasteiger partial charge is 0.337 e. The first-order chi connectivity index (χ1) is 12.8. The summed E-state index contributed by atoms with van der Waals surface area (Å²) in [5, 5.41) is 1.49. The van der Waals surface area contributed by atoms with Gasteiger partial charge in [-0.3, -0.25) is 19.2 Å². The van der Waals surface area contributed by atoms with Crippen molar-refractivity contribution >= 4 is 97.3 Å². The fourth-order valence-electron chi connectivity index (χ4n) is 2.55. The zero-order valence-corrected chi connectivity index (χ0v) is 22.0. The van der Waals surface area contributed by atoms with E-state index in [1.807, 2.05) is 67.8 Å². The summed E-state index contributed by atoms with van der Waals surface area (Å²) in [6.07, 6.45) is 1.56. The van der Waals surface area contributed by atoms with Gasteiger partial charge in [-0.1, -0.05) is 22.6 Å². The number of allylic oxidation sites excluding steroid dienone is 2. The van der Waals surface area contributed by atoms with Crippen molar-refractivity contribution in [2.75, 3.05) is 0 Å². The van der Waals surface area contributed by atoms with Crippen LogP contribution in [0.1, 0.15) is 34.6 Å². The molecule has 0 fully saturated rings. The lowest BCUT2D eigenvalue weighted by atomic mass is 9.84. The molecule has 2 unspecified atom stereocenters. The number of carbonyl (C=O) groups excluding carboxylic acids is 5. The standard InChI is InChI=1S/C16H17I3N2O7/c1-7(22)16(21(9(3)24)28-11(5)26)13(18)6-12(17)14(15(16)19)20(8(2)23)27-10(4)25/h6,15H,1-5H3. The van der Waals surface area contributed by atoms with Crippen LogP contribution in [0.25, 0.3) is 0 Å². The van der Waals surface area contributed by atoms with Gasteiger partial charge in [-0.25, -0.2) is 4.79 Å². The molecule has 2 atom stereocenters. The second-order valence-corrected chi connectivity index (χ2v) is 9.27. The van der Waals surface area contributed by atoms with Crippen molar-refractivity contribution in [3.05, 3.63) is 18.9 Å². The van der Waals surface area contributed by atoms with Crippen LogP contribution in [0.15, 0.2) is 18.9 Å². The number of amides is 2. The lowest BCUT2D eigenvalue weighted by Gasteiger charge is -2.46. The number of carbonyl (C=O) groups is 5. The van der Waals surface area contributed by atoms with E-state index in [1.54, 1.807) is 6.08 Å². The van der Waals surface area contributed by atoms with Crippen LogP contribution in [0, 0.1) is 0 Å². The summed E-state index contributed by atoms with van der Waals surface area (Å²) in [4.78, 5) is 70.6. The Labute approximate surface area is 202 Å². The average Bonchev–Trinajstić information content (AvgIpc) is 2.51. The molecule has 0 aliphatic heterocycles. The monoisotopic (exact) mass is 730 g/mol. The van der Waals surface area contributed by atoms with Gasteiger partial charge in [0.05, 0.1) is 9.62 Å². The highest BCUT2D eigenvalue weighted by Crippen LogP contribution is 2.48. The highest BCUT2D eigenvalue weighted by Gasteiger charge is 2.58. The van der Waals surface area contributed by atoms with Crippen LogP contribution in [0.5, 0.6) is 0 Å². The molecule has 1 aliphatic carbocycles. The van der Waals surface area contributed by atoms with E-state index in [2.05, 4.69) is 0 Å². The van der Waals surface area contributed by atoms with Crippen LogP contribution < -0.4 is 0 Å². The second kappa shape index (κ2) is 9.82. The second-order valence-electron chi connectivity index (χ2n) is 5.70. The predicted molar refractivity (Wildman–Crippen MR) is 123 cm³/mol. The Balaban J connectivity index is 3.79. The molecule has 0 radical (unpaired) electrons. The molecule has 0 heterocycles. The van der Waals surface area contributed by atoms with Gasteiger partial charge in [-0.05, 0) is 58.2 Å². The first-order valence-corrected chi connectivity index (χ1v) is 11.1. The predicted octanol–water partition coefficient (Wildman–Crippen LogP) is 2.75. The van der Waals surface area contributed by atoms with E-state index in [4.69, 9.17) is 9.68 Å². The molecule has 2 amide bonds. The van der Waals surface area contributed by atoms with Crippen molar-refractivity contribution in [3.8, 4) is 0 Å². The third-order valence-corrected chi connectivity index (χ3v) is 7.05. The van der Waals surface area contributed by atoms with Crippen LogP contribution in [-0.2, 0) is 33.6 Å².